The second kappa shape index (κ2) is 7.51. The number of nitrogens with one attached hydrogen (secondary N) is 2. The Morgan fingerprint density at radius 2 is 2.38 bits per heavy atom. The summed E-state index contributed by atoms with van der Waals surface area (Å²) in [4.78, 5) is 14.8. The maximum Gasteiger partial charge on any atom is 0.191 e. The first-order valence-corrected chi connectivity index (χ1v) is 8.28. The van der Waals surface area contributed by atoms with Gasteiger partial charge in [0.05, 0.1) is 13.2 Å². The number of nitrogens with zero attached hydrogens (tertiary/aromatic N) is 1. The number of carboxylic acids is 1. The molecule has 1 aromatic rings. The van der Waals surface area contributed by atoms with Gasteiger partial charge < -0.3 is 25.3 Å². The molecule has 6 nitrogen and oxygen atoms in total. The van der Waals surface area contributed by atoms with Gasteiger partial charge in [-0.3, -0.25) is 4.99 Å². The number of hydrogen-bond acceptors (Lipinski definition) is 6. The smallest absolute Gasteiger partial charge is 0.191 e. The van der Waals surface area contributed by atoms with Gasteiger partial charge >= 0.3 is 0 Å². The molecule has 0 aromatic heterocycles. The lowest BCUT2D eigenvalue weighted by Gasteiger charge is -2.10. The molecule has 7 heteroatoms. The predicted molar refractivity (Wildman–Crippen MR) is 85.3 cm³/mol. The number of halogens is 1. The molecule has 1 heterocycles. The van der Waals surface area contributed by atoms with Crippen LogP contribution in [0, 0.1) is 11.7 Å². The molecule has 1 aromatic carbocycles. The van der Waals surface area contributed by atoms with Crippen molar-refractivity contribution in [2.24, 2.45) is 10.9 Å². The second-order valence-corrected chi connectivity index (χ2v) is 6.15. The van der Waals surface area contributed by atoms with E-state index in [2.05, 4.69) is 15.6 Å². The lowest BCUT2D eigenvalue weighted by Crippen LogP contribution is -2.34. The van der Waals surface area contributed by atoms with Crippen LogP contribution in [0.4, 0.5) is 4.39 Å². The molecule has 2 aliphatic rings. The predicted octanol–water partition coefficient (Wildman–Crippen LogP) is 0.387. The van der Waals surface area contributed by atoms with Gasteiger partial charge in [-0.05, 0) is 48.8 Å². The minimum atomic E-state index is -1.05. The van der Waals surface area contributed by atoms with Crippen LogP contribution < -0.4 is 20.5 Å². The van der Waals surface area contributed by atoms with Gasteiger partial charge in [0, 0.05) is 19.1 Å². The molecule has 130 valence electrons. The van der Waals surface area contributed by atoms with Crippen LogP contribution >= 0.6 is 0 Å². The molecule has 24 heavy (non-hydrogen) atoms. The van der Waals surface area contributed by atoms with Gasteiger partial charge in [0.1, 0.15) is 0 Å². The van der Waals surface area contributed by atoms with Crippen molar-refractivity contribution in [3.8, 4) is 5.75 Å². The van der Waals surface area contributed by atoms with Crippen molar-refractivity contribution in [2.45, 2.75) is 25.2 Å². The molecule has 0 radical (unpaired) electrons. The van der Waals surface area contributed by atoms with Crippen molar-refractivity contribution >= 4 is 11.9 Å². The fraction of sp³-hybridized carbons (Fsp3) is 0.529. The molecule has 2 N–H and O–H groups in total. The van der Waals surface area contributed by atoms with E-state index in [0.29, 0.717) is 13.2 Å². The highest BCUT2D eigenvalue weighted by Crippen LogP contribution is 2.49. The lowest BCUT2D eigenvalue weighted by atomic mass is 10.1. The molecule has 2 atom stereocenters. The standard InChI is InChI=1S/C17H22FN3O3/c18-14-9-11(13-8-12(13)10-16(22)23)2-3-15(14)24-7-1-4-19-17-20-5-6-21-17/h2-3,9,12-13H,1,4-8,10H2,(H,22,23)(H2,19,20,21)/p-1. The summed E-state index contributed by atoms with van der Waals surface area (Å²) in [5.41, 5.74) is 0.832. The van der Waals surface area contributed by atoms with E-state index >= 15 is 0 Å². The van der Waals surface area contributed by atoms with Gasteiger partial charge in [-0.1, -0.05) is 6.07 Å². The van der Waals surface area contributed by atoms with E-state index in [4.69, 9.17) is 4.74 Å². The number of hydrogen-bond donors (Lipinski definition) is 2. The number of ether oxygens (including phenoxy) is 1. The van der Waals surface area contributed by atoms with Gasteiger partial charge in [0.25, 0.3) is 0 Å². The molecule has 0 bridgehead atoms. The maximum atomic E-state index is 14.1. The topological polar surface area (TPSA) is 85.8 Å². The Hall–Kier alpha value is -2.31. The molecule has 0 saturated heterocycles. The number of carbonyl (C=O) groups excluding carboxylic acids is 1. The molecule has 1 aliphatic carbocycles. The van der Waals surface area contributed by atoms with E-state index in [-0.39, 0.29) is 24.0 Å². The number of rotatable bonds is 8. The van der Waals surface area contributed by atoms with Gasteiger partial charge in [0.15, 0.2) is 17.5 Å². The average Bonchev–Trinajstić information content (AvgIpc) is 3.09. The maximum absolute atomic E-state index is 14.1. The average molecular weight is 334 g/mol. The first-order valence-electron chi connectivity index (χ1n) is 8.28. The minimum absolute atomic E-state index is 0.0394. The zero-order valence-electron chi connectivity index (χ0n) is 13.4. The third kappa shape index (κ3) is 4.37. The third-order valence-corrected chi connectivity index (χ3v) is 4.28. The van der Waals surface area contributed by atoms with Gasteiger partial charge in [-0.2, -0.15) is 0 Å². The summed E-state index contributed by atoms with van der Waals surface area (Å²) >= 11 is 0. The van der Waals surface area contributed by atoms with Crippen molar-refractivity contribution < 1.29 is 19.0 Å². The van der Waals surface area contributed by atoms with Crippen molar-refractivity contribution in [2.75, 3.05) is 26.2 Å². The number of aliphatic carboxylic acids is 1. The van der Waals surface area contributed by atoms with Crippen molar-refractivity contribution in [3.05, 3.63) is 29.6 Å². The minimum Gasteiger partial charge on any atom is -0.550 e. The molecular weight excluding hydrogens is 313 g/mol. The van der Waals surface area contributed by atoms with E-state index in [0.717, 1.165) is 37.5 Å². The Morgan fingerprint density at radius 3 is 3.08 bits per heavy atom. The zero-order chi connectivity index (χ0) is 16.9. The molecule has 0 amide bonds. The lowest BCUT2D eigenvalue weighted by molar-refractivity contribution is -0.306. The highest BCUT2D eigenvalue weighted by molar-refractivity contribution is 5.81. The van der Waals surface area contributed by atoms with Crippen LogP contribution in [0.2, 0.25) is 0 Å². The summed E-state index contributed by atoms with van der Waals surface area (Å²) in [5, 5.41) is 16.8. The van der Waals surface area contributed by atoms with E-state index < -0.39 is 11.8 Å². The second-order valence-electron chi connectivity index (χ2n) is 6.15. The van der Waals surface area contributed by atoms with Crippen molar-refractivity contribution in [1.29, 1.82) is 0 Å². The quantitative estimate of drug-likeness (QED) is 0.672. The van der Waals surface area contributed by atoms with E-state index in [9.17, 15) is 14.3 Å². The van der Waals surface area contributed by atoms with Gasteiger partial charge in [-0.15, -0.1) is 0 Å². The molecule has 1 saturated carbocycles. The zero-order valence-corrected chi connectivity index (χ0v) is 13.4. The van der Waals surface area contributed by atoms with Crippen LogP contribution in [0.5, 0.6) is 5.75 Å². The normalized spacial score (nSPS) is 21.8. The van der Waals surface area contributed by atoms with Crippen LogP contribution in [-0.4, -0.2) is 38.2 Å². The summed E-state index contributed by atoms with van der Waals surface area (Å²) in [6, 6.07) is 4.88. The Bertz CT molecular complexity index is 636. The van der Waals surface area contributed by atoms with E-state index in [1.54, 1.807) is 6.07 Å². The van der Waals surface area contributed by atoms with Crippen LogP contribution in [0.3, 0.4) is 0 Å². The van der Waals surface area contributed by atoms with Crippen molar-refractivity contribution in [1.82, 2.24) is 10.6 Å². The van der Waals surface area contributed by atoms with Gasteiger partial charge in [0.2, 0.25) is 0 Å². The van der Waals surface area contributed by atoms with Crippen LogP contribution in [0.1, 0.15) is 30.7 Å². The third-order valence-electron chi connectivity index (χ3n) is 4.28. The Morgan fingerprint density at radius 1 is 1.50 bits per heavy atom. The highest BCUT2D eigenvalue weighted by atomic mass is 19.1. The monoisotopic (exact) mass is 334 g/mol. The molecule has 1 aliphatic heterocycles. The van der Waals surface area contributed by atoms with Crippen LogP contribution in [0.15, 0.2) is 23.2 Å². The molecule has 0 spiro atoms. The summed E-state index contributed by atoms with van der Waals surface area (Å²) in [7, 11) is 0. The Balaban J connectivity index is 1.41. The molecule has 3 rings (SSSR count). The summed E-state index contributed by atoms with van der Waals surface area (Å²) in [6.45, 7) is 2.77. The first kappa shape index (κ1) is 16.5. The number of carboxylic acid groups (broad SMARTS) is 1. The van der Waals surface area contributed by atoms with E-state index in [1.807, 2.05) is 6.07 Å². The van der Waals surface area contributed by atoms with Crippen LogP contribution in [0.25, 0.3) is 0 Å². The fourth-order valence-corrected chi connectivity index (χ4v) is 2.94. The SMILES string of the molecule is O=C([O-])CC1CC1c1ccc(OCCCNC2=NCCN2)c(F)c1. The summed E-state index contributed by atoms with van der Waals surface area (Å²) in [5.74, 6) is -0.223. The highest BCUT2D eigenvalue weighted by Gasteiger charge is 2.38. The summed E-state index contributed by atoms with van der Waals surface area (Å²) in [6.07, 6.45) is 1.55. The number of carbonyl (C=O) groups is 1. The van der Waals surface area contributed by atoms with Crippen LogP contribution in [-0.2, 0) is 4.79 Å². The Labute approximate surface area is 140 Å². The molecule has 2 unspecified atom stereocenters. The largest absolute Gasteiger partial charge is 0.550 e. The number of guanidine groups is 1. The molecule has 1 fully saturated rings. The van der Waals surface area contributed by atoms with Crippen molar-refractivity contribution in [3.63, 3.8) is 0 Å². The summed E-state index contributed by atoms with van der Waals surface area (Å²) < 4.78 is 19.6. The number of aliphatic imine (C=N–C) groups is 1. The Kier molecular flexibility index (Phi) is 5.17. The first-order chi connectivity index (χ1) is 11.6. The fourth-order valence-electron chi connectivity index (χ4n) is 2.94. The van der Waals surface area contributed by atoms with Gasteiger partial charge in [-0.25, -0.2) is 4.39 Å². The van der Waals surface area contributed by atoms with E-state index in [1.165, 1.54) is 6.07 Å². The molecular formula is C17H21FN3O3-. The number of benzene rings is 1.